The van der Waals surface area contributed by atoms with E-state index >= 15 is 0 Å². The van der Waals surface area contributed by atoms with Crippen molar-refractivity contribution in [2.24, 2.45) is 0 Å². The van der Waals surface area contributed by atoms with Crippen LogP contribution in [0.4, 0.5) is 0 Å². The van der Waals surface area contributed by atoms with Gasteiger partial charge in [0, 0.05) is 5.41 Å². The highest BCUT2D eigenvalue weighted by atomic mass is 15.1. The molecule has 35 heavy (non-hydrogen) atoms. The van der Waals surface area contributed by atoms with E-state index in [1.165, 1.54) is 87.6 Å². The normalized spacial score (nSPS) is 14.0. The minimum absolute atomic E-state index is 0.0175. The van der Waals surface area contributed by atoms with Crippen molar-refractivity contribution in [2.75, 3.05) is 0 Å². The molecule has 1 aromatic heterocycles. The van der Waals surface area contributed by atoms with E-state index in [2.05, 4.69) is 103 Å². The summed E-state index contributed by atoms with van der Waals surface area (Å²) in [5.41, 5.74) is 2.88. The zero-order chi connectivity index (χ0) is 24.8. The summed E-state index contributed by atoms with van der Waals surface area (Å²) >= 11 is 0. The second-order valence-corrected chi connectivity index (χ2v) is 10.6. The Morgan fingerprint density at radius 2 is 1.31 bits per heavy atom. The van der Waals surface area contributed by atoms with E-state index in [4.69, 9.17) is 0 Å². The lowest BCUT2D eigenvalue weighted by molar-refractivity contribution is -0.701. The topological polar surface area (TPSA) is 19.7 Å². The van der Waals surface area contributed by atoms with Crippen LogP contribution in [-0.2, 0) is 18.4 Å². The van der Waals surface area contributed by atoms with Gasteiger partial charge >= 0.3 is 0 Å². The van der Waals surface area contributed by atoms with Crippen LogP contribution in [0.1, 0.15) is 114 Å². The van der Waals surface area contributed by atoms with Gasteiger partial charge in [0.1, 0.15) is 12.4 Å². The fourth-order valence-electron chi connectivity index (χ4n) is 5.81. The Bertz CT molecular complexity index is 930. The number of unbranched alkanes of at least 4 members (excludes halogenated alkanes) is 9. The molecule has 1 heterocycles. The van der Waals surface area contributed by atoms with E-state index in [9.17, 15) is 0 Å². The molecule has 1 N–H and O–H groups in total. The predicted molar refractivity (Wildman–Crippen MR) is 150 cm³/mol. The minimum Gasteiger partial charge on any atom is -0.247 e. The molecule has 0 bridgehead atoms. The molecule has 0 saturated carbocycles. The molecule has 2 atom stereocenters. The van der Waals surface area contributed by atoms with E-state index in [0.29, 0.717) is 5.92 Å². The molecule has 3 aromatic rings. The Hall–Kier alpha value is -2.35. The molecular formula is C33H49N2+. The van der Waals surface area contributed by atoms with Crippen LogP contribution in [-0.4, -0.2) is 4.98 Å². The van der Waals surface area contributed by atoms with E-state index in [1.807, 2.05) is 0 Å². The Morgan fingerprint density at radius 3 is 1.91 bits per heavy atom. The Kier molecular flexibility index (Phi) is 11.6. The summed E-state index contributed by atoms with van der Waals surface area (Å²) in [4.78, 5) is 3.67. The summed E-state index contributed by atoms with van der Waals surface area (Å²) in [5, 5.41) is 0. The van der Waals surface area contributed by atoms with Crippen LogP contribution in [0.3, 0.4) is 0 Å². The fraction of sp³-hybridized carbons (Fsp3) is 0.545. The molecule has 0 aliphatic rings. The third-order valence-corrected chi connectivity index (χ3v) is 7.93. The molecule has 2 nitrogen and oxygen atoms in total. The number of H-pyrrole nitrogens is 1. The Balaban J connectivity index is 1.73. The van der Waals surface area contributed by atoms with E-state index in [-0.39, 0.29) is 5.41 Å². The fourth-order valence-corrected chi connectivity index (χ4v) is 5.81. The number of nitrogens with zero attached hydrogens (tertiary/aromatic N) is 1. The van der Waals surface area contributed by atoms with Crippen molar-refractivity contribution in [3.8, 4) is 0 Å². The number of nitrogens with one attached hydrogen (secondary N) is 1. The summed E-state index contributed by atoms with van der Waals surface area (Å²) in [5.74, 6) is 1.82. The van der Waals surface area contributed by atoms with Gasteiger partial charge in [-0.05, 0) is 30.9 Å². The number of aryl methyl sites for hydroxylation is 1. The molecule has 0 radical (unpaired) electrons. The zero-order valence-electron chi connectivity index (χ0n) is 22.6. The van der Waals surface area contributed by atoms with Crippen LogP contribution in [0.2, 0.25) is 0 Å². The maximum atomic E-state index is 3.67. The zero-order valence-corrected chi connectivity index (χ0v) is 22.6. The SMILES string of the molecule is CCCCCCCCCCCCC(c1[nH]cc[n+]1CC)C(C)(Cc1ccccc1)c1ccccc1. The molecule has 0 saturated heterocycles. The molecule has 0 amide bonds. The third kappa shape index (κ3) is 8.09. The molecule has 0 aliphatic carbocycles. The molecular weight excluding hydrogens is 424 g/mol. The van der Waals surface area contributed by atoms with Gasteiger partial charge in [0.05, 0.1) is 12.5 Å². The average Bonchev–Trinajstić information content (AvgIpc) is 3.37. The Morgan fingerprint density at radius 1 is 0.743 bits per heavy atom. The lowest BCUT2D eigenvalue weighted by atomic mass is 9.66. The lowest BCUT2D eigenvalue weighted by Gasteiger charge is -2.37. The van der Waals surface area contributed by atoms with Crippen LogP contribution in [0.25, 0.3) is 0 Å². The van der Waals surface area contributed by atoms with Crippen molar-refractivity contribution >= 4 is 0 Å². The molecule has 0 fully saturated rings. The number of hydrogen-bond donors (Lipinski definition) is 1. The number of hydrogen-bond acceptors (Lipinski definition) is 0. The van der Waals surface area contributed by atoms with Crippen LogP contribution >= 0.6 is 0 Å². The van der Waals surface area contributed by atoms with E-state index in [0.717, 1.165) is 13.0 Å². The van der Waals surface area contributed by atoms with Gasteiger partial charge < -0.3 is 0 Å². The van der Waals surface area contributed by atoms with Gasteiger partial charge in [-0.3, -0.25) is 0 Å². The van der Waals surface area contributed by atoms with Crippen LogP contribution in [0.5, 0.6) is 0 Å². The molecule has 0 aliphatic heterocycles. The monoisotopic (exact) mass is 473 g/mol. The van der Waals surface area contributed by atoms with Gasteiger partial charge in [0.25, 0.3) is 5.82 Å². The summed E-state index contributed by atoms with van der Waals surface area (Å²) < 4.78 is 2.42. The van der Waals surface area contributed by atoms with Crippen molar-refractivity contribution in [1.29, 1.82) is 0 Å². The predicted octanol–water partition coefficient (Wildman–Crippen LogP) is 8.92. The molecule has 0 spiro atoms. The van der Waals surface area contributed by atoms with Crippen molar-refractivity contribution < 1.29 is 4.57 Å². The highest BCUT2D eigenvalue weighted by Crippen LogP contribution is 2.43. The lowest BCUT2D eigenvalue weighted by Crippen LogP contribution is -2.43. The smallest absolute Gasteiger partial charge is 0.247 e. The van der Waals surface area contributed by atoms with Gasteiger partial charge in [0.15, 0.2) is 0 Å². The molecule has 2 aromatic carbocycles. The number of rotatable bonds is 17. The van der Waals surface area contributed by atoms with Gasteiger partial charge in [-0.25, -0.2) is 9.55 Å². The number of aromatic amines is 1. The number of imidazole rings is 1. The molecule has 190 valence electrons. The van der Waals surface area contributed by atoms with Crippen LogP contribution < -0.4 is 4.57 Å². The van der Waals surface area contributed by atoms with Crippen molar-refractivity contribution in [1.82, 2.24) is 4.98 Å². The van der Waals surface area contributed by atoms with Crippen LogP contribution in [0.15, 0.2) is 73.1 Å². The first-order valence-corrected chi connectivity index (χ1v) is 14.3. The van der Waals surface area contributed by atoms with Crippen molar-refractivity contribution in [3.05, 3.63) is 90.0 Å². The van der Waals surface area contributed by atoms with Crippen molar-refractivity contribution in [2.45, 2.75) is 116 Å². The number of benzene rings is 2. The number of aromatic nitrogens is 2. The first-order valence-electron chi connectivity index (χ1n) is 14.3. The average molecular weight is 474 g/mol. The quantitative estimate of drug-likeness (QED) is 0.149. The summed E-state index contributed by atoms with van der Waals surface area (Å²) in [7, 11) is 0. The van der Waals surface area contributed by atoms with Crippen molar-refractivity contribution in [3.63, 3.8) is 0 Å². The Labute approximate surface area is 215 Å². The second kappa shape index (κ2) is 14.9. The largest absolute Gasteiger partial charge is 0.258 e. The second-order valence-electron chi connectivity index (χ2n) is 10.6. The molecule has 2 heteroatoms. The summed E-state index contributed by atoms with van der Waals surface area (Å²) in [6, 6.07) is 22.3. The molecule has 2 unspecified atom stereocenters. The van der Waals surface area contributed by atoms with Crippen LogP contribution in [0, 0.1) is 0 Å². The maximum absolute atomic E-state index is 3.67. The maximum Gasteiger partial charge on any atom is 0.258 e. The van der Waals surface area contributed by atoms with Gasteiger partial charge in [-0.15, -0.1) is 0 Å². The highest BCUT2D eigenvalue weighted by molar-refractivity contribution is 5.32. The summed E-state index contributed by atoms with van der Waals surface area (Å²) in [6.07, 6.45) is 20.4. The van der Waals surface area contributed by atoms with Gasteiger partial charge in [0.2, 0.25) is 0 Å². The first kappa shape index (κ1) is 27.2. The summed E-state index contributed by atoms with van der Waals surface area (Å²) in [6.45, 7) is 8.05. The van der Waals surface area contributed by atoms with Gasteiger partial charge in [-0.2, -0.15) is 0 Å². The van der Waals surface area contributed by atoms with E-state index in [1.54, 1.807) is 0 Å². The van der Waals surface area contributed by atoms with Gasteiger partial charge in [-0.1, -0.05) is 139 Å². The standard InChI is InChI=1S/C33H48N2/c1-4-6-7-8-9-10-11-12-13-20-25-31(32-34-26-27-35(32)5-2)33(3,30-23-18-15-19-24-30)28-29-21-16-14-17-22-29/h14-19,21-24,26-27,31H,4-13,20,25,28H2,1-3H3/p+1. The highest BCUT2D eigenvalue weighted by Gasteiger charge is 2.41. The third-order valence-electron chi connectivity index (χ3n) is 7.93. The minimum atomic E-state index is 0.0175. The van der Waals surface area contributed by atoms with E-state index < -0.39 is 0 Å². The molecule has 3 rings (SSSR count). The first-order chi connectivity index (χ1) is 17.2.